The quantitative estimate of drug-likeness (QED) is 0.658. The van der Waals surface area contributed by atoms with Crippen LogP contribution in [0, 0.1) is 5.82 Å². The van der Waals surface area contributed by atoms with Crippen LogP contribution in [0.15, 0.2) is 27.8 Å². The fourth-order valence-corrected chi connectivity index (χ4v) is 1.34. The number of aryl methyl sites for hydroxylation is 1. The van der Waals surface area contributed by atoms with Gasteiger partial charge < -0.3 is 0 Å². The second kappa shape index (κ2) is 2.80. The van der Waals surface area contributed by atoms with E-state index in [0.717, 1.165) is 16.8 Å². The van der Waals surface area contributed by atoms with Crippen LogP contribution in [0.2, 0.25) is 0 Å². The van der Waals surface area contributed by atoms with E-state index in [0.29, 0.717) is 0 Å². The van der Waals surface area contributed by atoms with Gasteiger partial charge in [0, 0.05) is 7.05 Å². The molecular formula is C9H7FN2O2. The second-order valence-electron chi connectivity index (χ2n) is 3.00. The topological polar surface area (TPSA) is 54.9 Å². The molecule has 0 saturated carbocycles. The Hall–Kier alpha value is -1.91. The first-order valence-corrected chi connectivity index (χ1v) is 3.98. The molecule has 1 heterocycles. The van der Waals surface area contributed by atoms with Gasteiger partial charge in [0.25, 0.3) is 11.1 Å². The lowest BCUT2D eigenvalue weighted by Crippen LogP contribution is -2.27. The third kappa shape index (κ3) is 1.14. The third-order valence-corrected chi connectivity index (χ3v) is 2.03. The van der Waals surface area contributed by atoms with Gasteiger partial charge in [-0.3, -0.25) is 19.4 Å². The summed E-state index contributed by atoms with van der Waals surface area (Å²) in [6, 6.07) is 3.51. The number of H-pyrrole nitrogens is 1. The summed E-state index contributed by atoms with van der Waals surface area (Å²) in [7, 11) is 1.41. The van der Waals surface area contributed by atoms with E-state index in [1.54, 1.807) is 0 Å². The Kier molecular flexibility index (Phi) is 1.73. The largest absolute Gasteiger partial charge is 0.272 e. The number of hydrogen-bond donors (Lipinski definition) is 1. The lowest BCUT2D eigenvalue weighted by atomic mass is 10.2. The van der Waals surface area contributed by atoms with E-state index in [2.05, 4.69) is 5.10 Å². The molecule has 14 heavy (non-hydrogen) atoms. The van der Waals surface area contributed by atoms with E-state index in [4.69, 9.17) is 0 Å². The van der Waals surface area contributed by atoms with Crippen molar-refractivity contribution in [2.24, 2.45) is 7.05 Å². The van der Waals surface area contributed by atoms with E-state index in [-0.39, 0.29) is 10.8 Å². The molecule has 5 heteroatoms. The van der Waals surface area contributed by atoms with Crippen molar-refractivity contribution in [2.75, 3.05) is 0 Å². The SMILES string of the molecule is Cn1[nH]c(=O)c2ccc(F)cc2c1=O. The minimum absolute atomic E-state index is 0.0938. The van der Waals surface area contributed by atoms with Gasteiger partial charge in [0.2, 0.25) is 0 Å². The van der Waals surface area contributed by atoms with Gasteiger partial charge in [-0.2, -0.15) is 0 Å². The standard InChI is InChI=1S/C9H7FN2O2/c1-12-9(14)7-4-5(10)2-3-6(7)8(13)11-12/h2-4H,1H3,(H,11,13). The van der Waals surface area contributed by atoms with Crippen molar-refractivity contribution < 1.29 is 4.39 Å². The fourth-order valence-electron chi connectivity index (χ4n) is 1.34. The maximum Gasteiger partial charge on any atom is 0.272 e. The highest BCUT2D eigenvalue weighted by Gasteiger charge is 2.05. The van der Waals surface area contributed by atoms with Gasteiger partial charge in [0.1, 0.15) is 5.82 Å². The smallest absolute Gasteiger partial charge is 0.267 e. The molecule has 0 spiro atoms. The van der Waals surface area contributed by atoms with Crippen LogP contribution in [0.5, 0.6) is 0 Å². The summed E-state index contributed by atoms with van der Waals surface area (Å²) in [4.78, 5) is 22.8. The first-order chi connectivity index (χ1) is 6.59. The molecule has 0 atom stereocenters. The van der Waals surface area contributed by atoms with Crippen molar-refractivity contribution in [1.29, 1.82) is 0 Å². The Morgan fingerprint density at radius 3 is 2.71 bits per heavy atom. The summed E-state index contributed by atoms with van der Waals surface area (Å²) in [6.45, 7) is 0. The fraction of sp³-hybridized carbons (Fsp3) is 0.111. The average Bonchev–Trinajstić information content (AvgIpc) is 2.14. The van der Waals surface area contributed by atoms with E-state index >= 15 is 0 Å². The van der Waals surface area contributed by atoms with Gasteiger partial charge in [0.15, 0.2) is 0 Å². The molecule has 0 aliphatic carbocycles. The van der Waals surface area contributed by atoms with Crippen LogP contribution in [-0.4, -0.2) is 9.78 Å². The molecule has 4 nitrogen and oxygen atoms in total. The molecule has 1 N–H and O–H groups in total. The Bertz CT molecular complexity index is 612. The van der Waals surface area contributed by atoms with Crippen LogP contribution in [-0.2, 0) is 7.05 Å². The molecule has 1 aromatic carbocycles. The highest BCUT2D eigenvalue weighted by atomic mass is 19.1. The molecule has 0 radical (unpaired) electrons. The summed E-state index contributed by atoms with van der Waals surface area (Å²) in [5.74, 6) is -0.528. The molecule has 2 rings (SSSR count). The molecule has 0 saturated heterocycles. The van der Waals surface area contributed by atoms with Crippen LogP contribution in [0.3, 0.4) is 0 Å². The predicted molar refractivity (Wildman–Crippen MR) is 49.8 cm³/mol. The van der Waals surface area contributed by atoms with Crippen molar-refractivity contribution in [3.8, 4) is 0 Å². The van der Waals surface area contributed by atoms with Crippen molar-refractivity contribution in [3.05, 3.63) is 44.7 Å². The zero-order valence-electron chi connectivity index (χ0n) is 7.37. The normalized spacial score (nSPS) is 10.7. The Balaban J connectivity index is 3.11. The van der Waals surface area contributed by atoms with E-state index in [9.17, 15) is 14.0 Å². The van der Waals surface area contributed by atoms with Gasteiger partial charge >= 0.3 is 0 Å². The van der Waals surface area contributed by atoms with Gasteiger partial charge in [0.05, 0.1) is 10.8 Å². The molecule has 0 fully saturated rings. The molecule has 0 aliphatic heterocycles. The lowest BCUT2D eigenvalue weighted by molar-refractivity contribution is 0.628. The third-order valence-electron chi connectivity index (χ3n) is 2.03. The van der Waals surface area contributed by atoms with E-state index in [1.807, 2.05) is 0 Å². The number of benzene rings is 1. The van der Waals surface area contributed by atoms with Crippen molar-refractivity contribution >= 4 is 10.8 Å². The van der Waals surface area contributed by atoms with Gasteiger partial charge in [-0.25, -0.2) is 4.39 Å². The Labute approximate surface area is 77.6 Å². The van der Waals surface area contributed by atoms with Crippen LogP contribution >= 0.6 is 0 Å². The second-order valence-corrected chi connectivity index (χ2v) is 3.00. The zero-order chi connectivity index (χ0) is 10.3. The number of rotatable bonds is 0. The summed E-state index contributed by atoms with van der Waals surface area (Å²) >= 11 is 0. The Morgan fingerprint density at radius 1 is 1.29 bits per heavy atom. The number of halogens is 1. The number of aromatic nitrogens is 2. The lowest BCUT2D eigenvalue weighted by Gasteiger charge is -2.00. The Morgan fingerprint density at radius 2 is 2.00 bits per heavy atom. The summed E-state index contributed by atoms with van der Waals surface area (Å²) in [6.07, 6.45) is 0. The number of nitrogens with one attached hydrogen (secondary N) is 1. The molecule has 0 aliphatic rings. The van der Waals surface area contributed by atoms with Gasteiger partial charge in [-0.15, -0.1) is 0 Å². The molecule has 2 aromatic rings. The van der Waals surface area contributed by atoms with Crippen molar-refractivity contribution in [1.82, 2.24) is 9.78 Å². The maximum atomic E-state index is 12.8. The zero-order valence-corrected chi connectivity index (χ0v) is 7.37. The number of hydrogen-bond acceptors (Lipinski definition) is 2. The summed E-state index contributed by atoms with van der Waals surface area (Å²) in [5.41, 5.74) is -0.818. The van der Waals surface area contributed by atoms with Crippen LogP contribution in [0.25, 0.3) is 10.8 Å². The highest BCUT2D eigenvalue weighted by Crippen LogP contribution is 2.06. The molecule has 0 unspecified atom stereocenters. The van der Waals surface area contributed by atoms with Crippen LogP contribution < -0.4 is 11.1 Å². The monoisotopic (exact) mass is 194 g/mol. The minimum Gasteiger partial charge on any atom is -0.267 e. The number of aromatic amines is 1. The molecule has 0 bridgehead atoms. The van der Waals surface area contributed by atoms with E-state index in [1.165, 1.54) is 13.1 Å². The number of fused-ring (bicyclic) bond motifs is 1. The van der Waals surface area contributed by atoms with E-state index < -0.39 is 16.9 Å². The maximum absolute atomic E-state index is 12.8. The first-order valence-electron chi connectivity index (χ1n) is 3.98. The first kappa shape index (κ1) is 8.68. The van der Waals surface area contributed by atoms with Crippen LogP contribution in [0.1, 0.15) is 0 Å². The number of nitrogens with zero attached hydrogens (tertiary/aromatic N) is 1. The molecule has 72 valence electrons. The minimum atomic E-state index is -0.528. The van der Waals surface area contributed by atoms with Gasteiger partial charge in [-0.05, 0) is 18.2 Å². The average molecular weight is 194 g/mol. The van der Waals surface area contributed by atoms with Crippen molar-refractivity contribution in [3.63, 3.8) is 0 Å². The highest BCUT2D eigenvalue weighted by molar-refractivity contribution is 5.80. The summed E-state index contributed by atoms with van der Waals surface area (Å²) < 4.78 is 13.9. The molecule has 0 amide bonds. The molecular weight excluding hydrogens is 187 g/mol. The summed E-state index contributed by atoms with van der Waals surface area (Å²) in [5, 5.41) is 2.62. The predicted octanol–water partition coefficient (Wildman–Crippen LogP) is 0.366. The van der Waals surface area contributed by atoms with Gasteiger partial charge in [-0.1, -0.05) is 0 Å². The van der Waals surface area contributed by atoms with Crippen LogP contribution in [0.4, 0.5) is 4.39 Å². The van der Waals surface area contributed by atoms with Crippen molar-refractivity contribution in [2.45, 2.75) is 0 Å². The molecule has 1 aromatic heterocycles.